The molecule has 2 N–H and O–H groups in total. The maximum atomic E-state index is 12.8. The molecule has 1 aromatic heterocycles. The number of nitrogens with one attached hydrogen (secondary N) is 2. The van der Waals surface area contributed by atoms with Crippen molar-refractivity contribution in [2.45, 2.75) is 43.2 Å². The minimum atomic E-state index is -0.317. The molecule has 0 aliphatic carbocycles. The molecule has 2 aliphatic heterocycles. The van der Waals surface area contributed by atoms with Crippen LogP contribution in [0.25, 0.3) is 0 Å². The molecule has 3 heterocycles. The van der Waals surface area contributed by atoms with Gasteiger partial charge >= 0.3 is 6.03 Å². The second-order valence-corrected chi connectivity index (χ2v) is 7.66. The van der Waals surface area contributed by atoms with E-state index >= 15 is 0 Å². The van der Waals surface area contributed by atoms with Gasteiger partial charge in [-0.2, -0.15) is 0 Å². The number of hydrogen-bond donors (Lipinski definition) is 2. The van der Waals surface area contributed by atoms with Crippen molar-refractivity contribution in [3.63, 3.8) is 0 Å². The molecule has 1 aromatic rings. The zero-order chi connectivity index (χ0) is 18.0. The van der Waals surface area contributed by atoms with Crippen LogP contribution in [-0.2, 0) is 10.5 Å². The number of rotatable bonds is 5. The maximum Gasteiger partial charge on any atom is 0.327 e. The highest BCUT2D eigenvalue weighted by atomic mass is 32.2. The van der Waals surface area contributed by atoms with Gasteiger partial charge in [-0.15, -0.1) is 11.8 Å². The molecule has 4 atom stereocenters. The number of pyridine rings is 1. The van der Waals surface area contributed by atoms with Crippen molar-refractivity contribution >= 4 is 23.7 Å². The fourth-order valence-corrected chi connectivity index (χ4v) is 4.67. The van der Waals surface area contributed by atoms with Crippen molar-refractivity contribution in [2.75, 3.05) is 14.1 Å². The van der Waals surface area contributed by atoms with E-state index in [0.29, 0.717) is 0 Å². The number of aromatic nitrogens is 1. The van der Waals surface area contributed by atoms with Crippen LogP contribution in [0, 0.1) is 5.92 Å². The van der Waals surface area contributed by atoms with Crippen molar-refractivity contribution in [1.82, 2.24) is 25.4 Å². The third-order valence-electron chi connectivity index (χ3n) is 4.76. The second kappa shape index (κ2) is 7.72. The summed E-state index contributed by atoms with van der Waals surface area (Å²) in [7, 11) is 3.31. The van der Waals surface area contributed by atoms with Gasteiger partial charge in [-0.05, 0) is 18.1 Å². The number of carbonyl (C=O) groups is 2. The molecular formula is C17H25N5O2S. The third-order valence-corrected chi connectivity index (χ3v) is 6.04. The number of carbonyl (C=O) groups excluding carboxylic acids is 2. The van der Waals surface area contributed by atoms with Crippen LogP contribution in [0.3, 0.4) is 0 Å². The van der Waals surface area contributed by atoms with Crippen LogP contribution in [-0.4, -0.2) is 58.5 Å². The SMILES string of the molecule is CCCC1NC(SCc2cccnc2)C2C(=O)N(C)C(=O)N(C)C2N1. The maximum absolute atomic E-state index is 12.8. The molecule has 25 heavy (non-hydrogen) atoms. The van der Waals surface area contributed by atoms with Gasteiger partial charge in [0, 0.05) is 32.2 Å². The Balaban J connectivity index is 1.80. The summed E-state index contributed by atoms with van der Waals surface area (Å²) in [5.74, 6) is 0.316. The Bertz CT molecular complexity index is 629. The van der Waals surface area contributed by atoms with Gasteiger partial charge in [0.2, 0.25) is 5.91 Å². The standard InChI is InChI=1S/C17H25N5O2S/c1-4-6-12-19-14-13(16(23)22(3)17(24)21(14)2)15(20-12)25-10-11-7-5-8-18-9-11/h5,7-9,12-15,19-20H,4,6,10H2,1-3H3. The van der Waals surface area contributed by atoms with Crippen LogP contribution < -0.4 is 10.6 Å². The molecular weight excluding hydrogens is 338 g/mol. The van der Waals surface area contributed by atoms with Crippen molar-refractivity contribution in [3.05, 3.63) is 30.1 Å². The van der Waals surface area contributed by atoms with Crippen molar-refractivity contribution in [1.29, 1.82) is 0 Å². The van der Waals surface area contributed by atoms with E-state index in [9.17, 15) is 9.59 Å². The van der Waals surface area contributed by atoms with E-state index in [1.165, 1.54) is 4.90 Å². The van der Waals surface area contributed by atoms with Gasteiger partial charge in [0.1, 0.15) is 0 Å². The molecule has 7 nitrogen and oxygen atoms in total. The molecule has 4 unspecified atom stereocenters. The monoisotopic (exact) mass is 363 g/mol. The molecule has 0 aromatic carbocycles. The van der Waals surface area contributed by atoms with Crippen molar-refractivity contribution in [2.24, 2.45) is 5.92 Å². The quantitative estimate of drug-likeness (QED) is 0.824. The molecule has 136 valence electrons. The summed E-state index contributed by atoms with van der Waals surface area (Å²) in [6.45, 7) is 2.13. The van der Waals surface area contributed by atoms with Crippen molar-refractivity contribution < 1.29 is 9.59 Å². The first-order valence-corrected chi connectivity index (χ1v) is 9.64. The Morgan fingerprint density at radius 3 is 2.76 bits per heavy atom. The Hall–Kier alpha value is -1.64. The van der Waals surface area contributed by atoms with Gasteiger partial charge in [0.05, 0.1) is 23.6 Å². The predicted octanol–water partition coefficient (Wildman–Crippen LogP) is 1.43. The largest absolute Gasteiger partial charge is 0.327 e. The first-order chi connectivity index (χ1) is 12.0. The average molecular weight is 363 g/mol. The molecule has 8 heteroatoms. The van der Waals surface area contributed by atoms with Gasteiger partial charge in [0.25, 0.3) is 0 Å². The van der Waals surface area contributed by atoms with Crippen LogP contribution in [0.2, 0.25) is 0 Å². The minimum Gasteiger partial charge on any atom is -0.311 e. The highest BCUT2D eigenvalue weighted by Gasteiger charge is 2.50. The van der Waals surface area contributed by atoms with E-state index in [1.54, 1.807) is 37.0 Å². The van der Waals surface area contributed by atoms with Crippen LogP contribution in [0.15, 0.2) is 24.5 Å². The van der Waals surface area contributed by atoms with Gasteiger partial charge in [-0.3, -0.25) is 25.3 Å². The average Bonchev–Trinajstić information content (AvgIpc) is 2.63. The van der Waals surface area contributed by atoms with Crippen LogP contribution in [0.5, 0.6) is 0 Å². The lowest BCUT2D eigenvalue weighted by Gasteiger charge is -2.50. The molecule has 0 saturated carbocycles. The normalized spacial score (nSPS) is 29.7. The topological polar surface area (TPSA) is 77.6 Å². The van der Waals surface area contributed by atoms with Crippen molar-refractivity contribution in [3.8, 4) is 0 Å². The number of thioether (sulfide) groups is 1. The van der Waals surface area contributed by atoms with Gasteiger partial charge < -0.3 is 4.90 Å². The number of imide groups is 1. The van der Waals surface area contributed by atoms with Gasteiger partial charge in [-0.1, -0.05) is 19.4 Å². The number of urea groups is 1. The summed E-state index contributed by atoms with van der Waals surface area (Å²) >= 11 is 1.70. The van der Waals surface area contributed by atoms with Gasteiger partial charge in [0.15, 0.2) is 0 Å². The molecule has 2 aliphatic rings. The number of amides is 3. The highest BCUT2D eigenvalue weighted by molar-refractivity contribution is 7.99. The minimum absolute atomic E-state index is 0.0616. The molecule has 0 spiro atoms. The number of nitrogens with zero attached hydrogens (tertiary/aromatic N) is 3. The Labute approximate surface area is 152 Å². The van der Waals surface area contributed by atoms with Gasteiger partial charge in [-0.25, -0.2) is 4.79 Å². The summed E-state index contributed by atoms with van der Waals surface area (Å²) in [4.78, 5) is 32.1. The summed E-state index contributed by atoms with van der Waals surface area (Å²) in [6, 6.07) is 3.69. The highest BCUT2D eigenvalue weighted by Crippen LogP contribution is 2.33. The van der Waals surface area contributed by atoms with Crippen LogP contribution in [0.4, 0.5) is 4.79 Å². The molecule has 3 amide bonds. The fourth-order valence-electron chi connectivity index (χ4n) is 3.39. The number of fused-ring (bicyclic) bond motifs is 1. The first kappa shape index (κ1) is 18.2. The smallest absolute Gasteiger partial charge is 0.311 e. The Kier molecular flexibility index (Phi) is 5.61. The Morgan fingerprint density at radius 1 is 1.28 bits per heavy atom. The first-order valence-electron chi connectivity index (χ1n) is 8.60. The summed E-state index contributed by atoms with van der Waals surface area (Å²) < 4.78 is 0. The lowest BCUT2D eigenvalue weighted by Crippen LogP contribution is -2.74. The van der Waals surface area contributed by atoms with Crippen LogP contribution >= 0.6 is 11.8 Å². The molecule has 0 bridgehead atoms. The second-order valence-electron chi connectivity index (χ2n) is 6.53. The van der Waals surface area contributed by atoms with E-state index in [-0.39, 0.29) is 35.6 Å². The third kappa shape index (κ3) is 3.65. The zero-order valence-corrected chi connectivity index (χ0v) is 15.6. The van der Waals surface area contributed by atoms with E-state index < -0.39 is 0 Å². The Morgan fingerprint density at radius 2 is 2.08 bits per heavy atom. The number of hydrogen-bond acceptors (Lipinski definition) is 6. The summed E-state index contributed by atoms with van der Waals surface area (Å²) in [6.07, 6.45) is 5.38. The lowest BCUT2D eigenvalue weighted by molar-refractivity contribution is -0.140. The predicted molar refractivity (Wildman–Crippen MR) is 97.5 cm³/mol. The summed E-state index contributed by atoms with van der Waals surface area (Å²) in [5.41, 5.74) is 1.12. The van der Waals surface area contributed by atoms with E-state index in [2.05, 4.69) is 22.5 Å². The molecule has 3 rings (SSSR count). The van der Waals surface area contributed by atoms with Crippen LogP contribution in [0.1, 0.15) is 25.3 Å². The fraction of sp³-hybridized carbons (Fsp3) is 0.588. The summed E-state index contributed by atoms with van der Waals surface area (Å²) in [5, 5.41) is 6.93. The zero-order valence-electron chi connectivity index (χ0n) is 14.8. The van der Waals surface area contributed by atoms with E-state index in [0.717, 1.165) is 24.2 Å². The molecule has 2 fully saturated rings. The lowest BCUT2D eigenvalue weighted by atomic mass is 9.96. The van der Waals surface area contributed by atoms with E-state index in [1.807, 2.05) is 18.3 Å². The molecule has 0 radical (unpaired) electrons. The van der Waals surface area contributed by atoms with E-state index in [4.69, 9.17) is 0 Å². The molecule has 2 saturated heterocycles.